The first-order chi connectivity index (χ1) is 9.02. The molecule has 0 spiro atoms. The minimum Gasteiger partial charge on any atom is -0.377 e. The molecule has 0 aromatic heterocycles. The monoisotopic (exact) mass is 271 g/mol. The summed E-state index contributed by atoms with van der Waals surface area (Å²) in [6.07, 6.45) is 2.01. The van der Waals surface area contributed by atoms with Gasteiger partial charge in [0.25, 0.3) is 0 Å². The zero-order valence-corrected chi connectivity index (χ0v) is 12.1. The predicted octanol–water partition coefficient (Wildman–Crippen LogP) is 3.30. The quantitative estimate of drug-likeness (QED) is 0.821. The van der Waals surface area contributed by atoms with E-state index < -0.39 is 5.82 Å². The normalized spacial score (nSPS) is 13.6. The zero-order chi connectivity index (χ0) is 14.5. The summed E-state index contributed by atoms with van der Waals surface area (Å²) in [5.41, 5.74) is 0.00992. The highest BCUT2D eigenvalue weighted by atomic mass is 19.1. The van der Waals surface area contributed by atoms with Crippen LogP contribution >= 0.6 is 0 Å². The van der Waals surface area contributed by atoms with Crippen LogP contribution in [0, 0.1) is 11.6 Å². The molecule has 1 atom stereocenters. The van der Waals surface area contributed by atoms with Crippen LogP contribution in [0.1, 0.15) is 32.3 Å². The summed E-state index contributed by atoms with van der Waals surface area (Å²) in [6.45, 7) is 4.08. The van der Waals surface area contributed by atoms with Crippen LogP contribution in [0.4, 0.5) is 8.78 Å². The van der Waals surface area contributed by atoms with Crippen LogP contribution in [0.5, 0.6) is 0 Å². The lowest BCUT2D eigenvalue weighted by Gasteiger charge is -2.38. The van der Waals surface area contributed by atoms with Gasteiger partial charge in [-0.1, -0.05) is 13.8 Å². The highest BCUT2D eigenvalue weighted by molar-refractivity contribution is 5.20. The van der Waals surface area contributed by atoms with Gasteiger partial charge in [-0.2, -0.15) is 0 Å². The second-order valence-corrected chi connectivity index (χ2v) is 4.76. The van der Waals surface area contributed by atoms with Crippen molar-refractivity contribution in [3.8, 4) is 0 Å². The molecular weight excluding hydrogens is 248 g/mol. The first-order valence-electron chi connectivity index (χ1n) is 6.69. The van der Waals surface area contributed by atoms with Gasteiger partial charge in [-0.3, -0.25) is 0 Å². The van der Waals surface area contributed by atoms with Crippen LogP contribution in [0.2, 0.25) is 0 Å². The fourth-order valence-electron chi connectivity index (χ4n) is 2.64. The highest BCUT2D eigenvalue weighted by Gasteiger charge is 2.35. The van der Waals surface area contributed by atoms with Gasteiger partial charge in [0.1, 0.15) is 11.6 Å². The average molecular weight is 271 g/mol. The Kier molecular flexibility index (Phi) is 5.88. The Hall–Kier alpha value is -1.00. The van der Waals surface area contributed by atoms with E-state index in [-0.39, 0.29) is 17.5 Å². The Morgan fingerprint density at radius 2 is 1.89 bits per heavy atom. The summed E-state index contributed by atoms with van der Waals surface area (Å²) in [7, 11) is 3.49. The van der Waals surface area contributed by atoms with Gasteiger partial charge < -0.3 is 10.1 Å². The van der Waals surface area contributed by atoms with Crippen molar-refractivity contribution < 1.29 is 13.5 Å². The second kappa shape index (κ2) is 6.96. The third kappa shape index (κ3) is 3.51. The summed E-state index contributed by atoms with van der Waals surface area (Å²) < 4.78 is 32.6. The molecule has 0 bridgehead atoms. The van der Waals surface area contributed by atoms with Gasteiger partial charge in [-0.05, 0) is 50.1 Å². The second-order valence-electron chi connectivity index (χ2n) is 4.76. The molecule has 108 valence electrons. The van der Waals surface area contributed by atoms with Crippen LogP contribution < -0.4 is 5.32 Å². The van der Waals surface area contributed by atoms with E-state index in [2.05, 4.69) is 5.32 Å². The standard InChI is InChI=1S/C15H23F2NO/c1-5-15(6-2,19-4)14(18-3)10-11-9-12(16)7-8-13(11)17/h7-9,14,18H,5-6,10H2,1-4H3. The van der Waals surface area contributed by atoms with E-state index in [1.165, 1.54) is 12.1 Å². The van der Waals surface area contributed by atoms with Crippen molar-refractivity contribution in [2.24, 2.45) is 0 Å². The minimum atomic E-state index is -0.415. The molecule has 1 aromatic carbocycles. The molecular formula is C15H23F2NO. The maximum absolute atomic E-state index is 13.7. The largest absolute Gasteiger partial charge is 0.377 e. The van der Waals surface area contributed by atoms with Crippen molar-refractivity contribution in [3.05, 3.63) is 35.4 Å². The first kappa shape index (κ1) is 16.1. The van der Waals surface area contributed by atoms with Crippen LogP contribution in [-0.4, -0.2) is 25.8 Å². The predicted molar refractivity (Wildman–Crippen MR) is 73.2 cm³/mol. The summed E-state index contributed by atoms with van der Waals surface area (Å²) in [5.74, 6) is -0.791. The molecule has 0 saturated heterocycles. The van der Waals surface area contributed by atoms with Crippen molar-refractivity contribution in [1.82, 2.24) is 5.32 Å². The molecule has 1 N–H and O–H groups in total. The lowest BCUT2D eigenvalue weighted by Crippen LogP contribution is -2.51. The Balaban J connectivity index is 3.01. The Morgan fingerprint density at radius 1 is 1.26 bits per heavy atom. The molecule has 1 aromatic rings. The van der Waals surface area contributed by atoms with E-state index in [4.69, 9.17) is 4.74 Å². The van der Waals surface area contributed by atoms with Crippen molar-refractivity contribution >= 4 is 0 Å². The summed E-state index contributed by atoms with van der Waals surface area (Å²) in [4.78, 5) is 0. The van der Waals surface area contributed by atoms with Gasteiger partial charge in [-0.15, -0.1) is 0 Å². The van der Waals surface area contributed by atoms with E-state index in [0.717, 1.165) is 18.9 Å². The molecule has 4 heteroatoms. The summed E-state index contributed by atoms with van der Waals surface area (Å²) in [6, 6.07) is 3.50. The maximum Gasteiger partial charge on any atom is 0.126 e. The fraction of sp³-hybridized carbons (Fsp3) is 0.600. The van der Waals surface area contributed by atoms with Gasteiger partial charge in [0.15, 0.2) is 0 Å². The first-order valence-corrected chi connectivity index (χ1v) is 6.69. The number of ether oxygens (including phenoxy) is 1. The van der Waals surface area contributed by atoms with Gasteiger partial charge >= 0.3 is 0 Å². The highest BCUT2D eigenvalue weighted by Crippen LogP contribution is 2.27. The topological polar surface area (TPSA) is 21.3 Å². The minimum absolute atomic E-state index is 0.0659. The third-order valence-corrected chi connectivity index (χ3v) is 4.02. The van der Waals surface area contributed by atoms with E-state index in [1.807, 2.05) is 20.9 Å². The Bertz CT molecular complexity index is 397. The maximum atomic E-state index is 13.7. The smallest absolute Gasteiger partial charge is 0.126 e. The molecule has 19 heavy (non-hydrogen) atoms. The van der Waals surface area contributed by atoms with E-state index in [0.29, 0.717) is 12.0 Å². The number of hydrogen-bond donors (Lipinski definition) is 1. The number of halogens is 2. The lowest BCUT2D eigenvalue weighted by atomic mass is 9.84. The fourth-order valence-corrected chi connectivity index (χ4v) is 2.64. The van der Waals surface area contributed by atoms with E-state index in [1.54, 1.807) is 7.11 Å². The summed E-state index contributed by atoms with van der Waals surface area (Å²) in [5, 5.41) is 3.18. The molecule has 1 unspecified atom stereocenters. The van der Waals surface area contributed by atoms with Crippen molar-refractivity contribution in [3.63, 3.8) is 0 Å². The van der Waals surface area contributed by atoms with Crippen LogP contribution in [0.25, 0.3) is 0 Å². The Labute approximate surface area is 114 Å². The van der Waals surface area contributed by atoms with E-state index in [9.17, 15) is 8.78 Å². The van der Waals surface area contributed by atoms with Crippen molar-refractivity contribution in [2.75, 3.05) is 14.2 Å². The molecule has 0 saturated carbocycles. The number of methoxy groups -OCH3 is 1. The van der Waals surface area contributed by atoms with Gasteiger partial charge in [0, 0.05) is 13.2 Å². The van der Waals surface area contributed by atoms with E-state index >= 15 is 0 Å². The van der Waals surface area contributed by atoms with Gasteiger partial charge in [0.2, 0.25) is 0 Å². The summed E-state index contributed by atoms with van der Waals surface area (Å²) >= 11 is 0. The molecule has 0 amide bonds. The molecule has 0 heterocycles. The number of nitrogens with one attached hydrogen (secondary N) is 1. The van der Waals surface area contributed by atoms with Crippen LogP contribution in [0.15, 0.2) is 18.2 Å². The zero-order valence-electron chi connectivity index (χ0n) is 12.1. The number of benzene rings is 1. The number of hydrogen-bond acceptors (Lipinski definition) is 2. The van der Waals surface area contributed by atoms with Crippen LogP contribution in [0.3, 0.4) is 0 Å². The Morgan fingerprint density at radius 3 is 2.37 bits per heavy atom. The SMILES string of the molecule is CCC(CC)(OC)C(Cc1cc(F)ccc1F)NC. The van der Waals surface area contributed by atoms with Crippen molar-refractivity contribution in [1.29, 1.82) is 0 Å². The van der Waals surface area contributed by atoms with Gasteiger partial charge in [-0.25, -0.2) is 8.78 Å². The average Bonchev–Trinajstić information content (AvgIpc) is 2.43. The van der Waals surface area contributed by atoms with Gasteiger partial charge in [0.05, 0.1) is 5.60 Å². The molecule has 2 nitrogen and oxygen atoms in total. The van der Waals surface area contributed by atoms with Crippen molar-refractivity contribution in [2.45, 2.75) is 44.8 Å². The van der Waals surface area contributed by atoms with Crippen LogP contribution in [-0.2, 0) is 11.2 Å². The number of rotatable bonds is 7. The molecule has 1 rings (SSSR count). The molecule has 0 radical (unpaired) electrons. The lowest BCUT2D eigenvalue weighted by molar-refractivity contribution is -0.0456. The molecule has 0 fully saturated rings. The number of likely N-dealkylation sites (N-methyl/N-ethyl adjacent to an activating group) is 1. The third-order valence-electron chi connectivity index (χ3n) is 4.02. The molecule has 0 aliphatic heterocycles. The molecule has 0 aliphatic rings. The molecule has 0 aliphatic carbocycles.